The van der Waals surface area contributed by atoms with E-state index in [1.165, 1.54) is 6.20 Å². The van der Waals surface area contributed by atoms with Gasteiger partial charge in [-0.05, 0) is 24.3 Å². The molecule has 6 heteroatoms. The fourth-order valence-corrected chi connectivity index (χ4v) is 3.85. The smallest absolute Gasteiger partial charge is 0.303 e. The maximum Gasteiger partial charge on any atom is 0.303 e. The molecular weight excluding hydrogens is 264 g/mol. The van der Waals surface area contributed by atoms with E-state index in [0.717, 1.165) is 12.8 Å². The summed E-state index contributed by atoms with van der Waals surface area (Å²) in [4.78, 5) is 14.7. The number of carboxylic acid groups (broad SMARTS) is 1. The third kappa shape index (κ3) is 3.61. The molecule has 1 saturated carbocycles. The monoisotopic (exact) mass is 278 g/mol. The first-order chi connectivity index (χ1) is 9.04. The van der Waals surface area contributed by atoms with Gasteiger partial charge in [-0.2, -0.15) is 5.26 Å². The van der Waals surface area contributed by atoms with Crippen LogP contribution in [0.1, 0.15) is 30.5 Å². The first kappa shape index (κ1) is 13.7. The number of aliphatic carboxylic acids is 1. The SMILES string of the molecule is N#Cc1ncccc1CS(=O)CC1(CC(=O)O)CC1. The van der Waals surface area contributed by atoms with Crippen molar-refractivity contribution in [2.75, 3.05) is 5.75 Å². The minimum Gasteiger partial charge on any atom is -0.481 e. The Labute approximate surface area is 113 Å². The zero-order valence-electron chi connectivity index (χ0n) is 10.3. The number of nitriles is 1. The van der Waals surface area contributed by atoms with Gasteiger partial charge in [0.15, 0.2) is 0 Å². The lowest BCUT2D eigenvalue weighted by molar-refractivity contribution is -0.138. The zero-order valence-corrected chi connectivity index (χ0v) is 11.2. The van der Waals surface area contributed by atoms with Gasteiger partial charge in [0.05, 0.1) is 12.2 Å². The van der Waals surface area contributed by atoms with Crippen molar-refractivity contribution in [3.8, 4) is 6.07 Å². The highest BCUT2D eigenvalue weighted by Gasteiger charge is 2.45. The molecule has 2 rings (SSSR count). The molecule has 1 aliphatic rings. The van der Waals surface area contributed by atoms with Gasteiger partial charge in [0.2, 0.25) is 0 Å². The normalized spacial score (nSPS) is 17.4. The zero-order chi connectivity index (χ0) is 13.9. The second-order valence-corrected chi connectivity index (χ2v) is 6.38. The molecule has 0 amide bonds. The van der Waals surface area contributed by atoms with Crippen molar-refractivity contribution >= 4 is 16.8 Å². The second-order valence-electron chi connectivity index (χ2n) is 4.92. The van der Waals surface area contributed by atoms with Gasteiger partial charge in [0, 0.05) is 28.3 Å². The van der Waals surface area contributed by atoms with Crippen LogP contribution >= 0.6 is 0 Å². The summed E-state index contributed by atoms with van der Waals surface area (Å²) >= 11 is 0. The van der Waals surface area contributed by atoms with E-state index in [9.17, 15) is 9.00 Å². The van der Waals surface area contributed by atoms with E-state index in [2.05, 4.69) is 4.98 Å². The van der Waals surface area contributed by atoms with Crippen LogP contribution in [0, 0.1) is 16.7 Å². The maximum atomic E-state index is 12.1. The van der Waals surface area contributed by atoms with Crippen LogP contribution in [0.4, 0.5) is 0 Å². The molecule has 1 heterocycles. The van der Waals surface area contributed by atoms with Crippen molar-refractivity contribution in [1.82, 2.24) is 4.98 Å². The summed E-state index contributed by atoms with van der Waals surface area (Å²) in [6.07, 6.45) is 3.25. The summed E-state index contributed by atoms with van der Waals surface area (Å²) in [6, 6.07) is 5.41. The third-order valence-electron chi connectivity index (χ3n) is 3.26. The van der Waals surface area contributed by atoms with E-state index < -0.39 is 16.8 Å². The van der Waals surface area contributed by atoms with E-state index >= 15 is 0 Å². The minimum absolute atomic E-state index is 0.0802. The first-order valence-corrected chi connectivity index (χ1v) is 7.44. The number of nitrogens with zero attached hydrogens (tertiary/aromatic N) is 2. The lowest BCUT2D eigenvalue weighted by Gasteiger charge is -2.12. The molecular formula is C13H14N2O3S. The molecule has 0 aliphatic heterocycles. The van der Waals surface area contributed by atoms with Gasteiger partial charge in [0.25, 0.3) is 0 Å². The summed E-state index contributed by atoms with van der Waals surface area (Å²) in [5, 5.41) is 17.7. The van der Waals surface area contributed by atoms with Gasteiger partial charge >= 0.3 is 5.97 Å². The van der Waals surface area contributed by atoms with Crippen molar-refractivity contribution in [1.29, 1.82) is 5.26 Å². The number of carbonyl (C=O) groups is 1. The Hall–Kier alpha value is -1.74. The predicted molar refractivity (Wildman–Crippen MR) is 69.6 cm³/mol. The molecule has 100 valence electrons. The predicted octanol–water partition coefficient (Wildman–Crippen LogP) is 1.46. The standard InChI is InChI=1S/C13H14N2O3S/c14-7-11-10(2-1-5-15-11)8-19(18)9-13(3-4-13)6-12(16)17/h1-2,5H,3-4,6,8-9H2,(H,16,17). The number of pyridine rings is 1. The average molecular weight is 278 g/mol. The Bertz CT molecular complexity index is 561. The van der Waals surface area contributed by atoms with Crippen molar-refractivity contribution in [3.63, 3.8) is 0 Å². The van der Waals surface area contributed by atoms with Crippen molar-refractivity contribution in [2.45, 2.75) is 25.0 Å². The molecule has 0 saturated heterocycles. The van der Waals surface area contributed by atoms with Crippen molar-refractivity contribution in [2.24, 2.45) is 5.41 Å². The van der Waals surface area contributed by atoms with Crippen LogP contribution in [0.2, 0.25) is 0 Å². The summed E-state index contributed by atoms with van der Waals surface area (Å²) in [5.74, 6) is -0.189. The molecule has 1 unspecified atom stereocenters. The van der Waals surface area contributed by atoms with Gasteiger partial charge in [-0.15, -0.1) is 0 Å². The van der Waals surface area contributed by atoms with Crippen molar-refractivity contribution in [3.05, 3.63) is 29.6 Å². The molecule has 1 aromatic rings. The lowest BCUT2D eigenvalue weighted by atomic mass is 10.1. The molecule has 0 bridgehead atoms. The Morgan fingerprint density at radius 3 is 2.89 bits per heavy atom. The van der Waals surface area contributed by atoms with Crippen LogP contribution in [-0.2, 0) is 21.3 Å². The van der Waals surface area contributed by atoms with Gasteiger partial charge in [-0.3, -0.25) is 9.00 Å². The average Bonchev–Trinajstić information content (AvgIpc) is 3.07. The number of carboxylic acids is 1. The molecule has 0 spiro atoms. The second kappa shape index (κ2) is 5.49. The number of rotatable bonds is 6. The fourth-order valence-electron chi connectivity index (χ4n) is 2.09. The highest BCUT2D eigenvalue weighted by atomic mass is 32.2. The van der Waals surface area contributed by atoms with Gasteiger partial charge < -0.3 is 5.11 Å². The van der Waals surface area contributed by atoms with E-state index in [1.807, 2.05) is 6.07 Å². The maximum absolute atomic E-state index is 12.1. The van der Waals surface area contributed by atoms with Crippen LogP contribution in [0.5, 0.6) is 0 Å². The molecule has 5 nitrogen and oxygen atoms in total. The summed E-state index contributed by atoms with van der Waals surface area (Å²) < 4.78 is 12.1. The Morgan fingerprint density at radius 1 is 1.58 bits per heavy atom. The van der Waals surface area contributed by atoms with Crippen LogP contribution in [0.15, 0.2) is 18.3 Å². The summed E-state index contributed by atoms with van der Waals surface area (Å²) in [7, 11) is -1.16. The molecule has 1 fully saturated rings. The Kier molecular flexibility index (Phi) is 3.96. The molecule has 0 aromatic carbocycles. The van der Waals surface area contributed by atoms with Crippen LogP contribution in [0.3, 0.4) is 0 Å². The minimum atomic E-state index is -1.16. The largest absolute Gasteiger partial charge is 0.481 e. The molecule has 1 aliphatic carbocycles. The van der Waals surface area contributed by atoms with Gasteiger partial charge in [-0.1, -0.05) is 6.07 Å². The summed E-state index contributed by atoms with van der Waals surface area (Å²) in [5.41, 5.74) is 0.666. The lowest BCUT2D eigenvalue weighted by Crippen LogP contribution is -2.17. The molecule has 19 heavy (non-hydrogen) atoms. The molecule has 0 radical (unpaired) electrons. The number of hydrogen-bond donors (Lipinski definition) is 1. The number of aromatic nitrogens is 1. The van der Waals surface area contributed by atoms with Gasteiger partial charge in [0.1, 0.15) is 11.8 Å². The Morgan fingerprint density at radius 2 is 2.32 bits per heavy atom. The van der Waals surface area contributed by atoms with Crippen molar-refractivity contribution < 1.29 is 14.1 Å². The van der Waals surface area contributed by atoms with Crippen LogP contribution < -0.4 is 0 Å². The fraction of sp³-hybridized carbons (Fsp3) is 0.462. The molecule has 1 N–H and O–H groups in total. The van der Waals surface area contributed by atoms with E-state index in [1.54, 1.807) is 12.1 Å². The highest BCUT2D eigenvalue weighted by Crippen LogP contribution is 2.49. The van der Waals surface area contributed by atoms with E-state index in [4.69, 9.17) is 10.4 Å². The van der Waals surface area contributed by atoms with E-state index in [0.29, 0.717) is 17.0 Å². The van der Waals surface area contributed by atoms with Gasteiger partial charge in [-0.25, -0.2) is 4.98 Å². The van der Waals surface area contributed by atoms with Crippen LogP contribution in [-0.4, -0.2) is 26.0 Å². The molecule has 1 atom stereocenters. The van der Waals surface area contributed by atoms with E-state index in [-0.39, 0.29) is 17.6 Å². The Balaban J connectivity index is 1.99. The third-order valence-corrected chi connectivity index (χ3v) is 4.83. The van der Waals surface area contributed by atoms with Crippen LogP contribution in [0.25, 0.3) is 0 Å². The first-order valence-electron chi connectivity index (χ1n) is 5.95. The topological polar surface area (TPSA) is 91.0 Å². The number of hydrogen-bond acceptors (Lipinski definition) is 4. The summed E-state index contributed by atoms with van der Waals surface area (Å²) in [6.45, 7) is 0. The molecule has 1 aromatic heterocycles. The quantitative estimate of drug-likeness (QED) is 0.850. The highest BCUT2D eigenvalue weighted by molar-refractivity contribution is 7.84.